The second kappa shape index (κ2) is 10.9. The van der Waals surface area contributed by atoms with Crippen molar-refractivity contribution in [2.75, 3.05) is 4.90 Å². The average molecular weight is 550 g/mol. The number of hydrogen-bond donors (Lipinski definition) is 1. The maximum atomic E-state index is 14.0. The Hall–Kier alpha value is -4.37. The molecule has 0 radical (unpaired) electrons. The fourth-order valence-corrected chi connectivity index (χ4v) is 6.10. The number of Topliss-reactive ketones (excluding diaryl/α,β-unsaturated/α-hetero) is 1. The zero-order valence-corrected chi connectivity index (χ0v) is 24.3. The first-order chi connectivity index (χ1) is 19.5. The van der Waals surface area contributed by atoms with Crippen molar-refractivity contribution in [3.8, 4) is 11.8 Å². The average Bonchev–Trinajstić information content (AvgIpc) is 2.93. The summed E-state index contributed by atoms with van der Waals surface area (Å²) in [5.74, 6) is 0.0663. The van der Waals surface area contributed by atoms with Gasteiger partial charge in [-0.1, -0.05) is 50.6 Å². The molecule has 1 unspecified atom stereocenters. The number of aryl methyl sites for hydroxylation is 2. The van der Waals surface area contributed by atoms with E-state index < -0.39 is 5.92 Å². The van der Waals surface area contributed by atoms with Crippen molar-refractivity contribution in [3.05, 3.63) is 117 Å². The standard InChI is InChI=1S/C35H36FN3O2/c1-6-23-7-11-26(12-8-23)39-30-17-35(4,5)18-31(40)33(30)32(29(19-37)34(39)38)28-16-21(2)15-24(22(28)3)20-41-27-13-9-25(36)10-14-27/h7-16,32H,6,17-18,20,38H2,1-5H3. The van der Waals surface area contributed by atoms with Gasteiger partial charge in [0.25, 0.3) is 0 Å². The van der Waals surface area contributed by atoms with Crippen LogP contribution in [0.5, 0.6) is 5.75 Å². The van der Waals surface area contributed by atoms with Gasteiger partial charge in [0.1, 0.15) is 24.0 Å². The second-order valence-corrected chi connectivity index (χ2v) is 11.9. The molecule has 3 aromatic carbocycles. The molecule has 0 amide bonds. The number of nitrogens with two attached hydrogens (primary N) is 1. The van der Waals surface area contributed by atoms with Gasteiger partial charge in [-0.3, -0.25) is 9.69 Å². The molecule has 210 valence electrons. The number of nitrogens with zero attached hydrogens (tertiary/aromatic N) is 2. The van der Waals surface area contributed by atoms with E-state index >= 15 is 0 Å². The van der Waals surface area contributed by atoms with E-state index in [1.54, 1.807) is 12.1 Å². The lowest BCUT2D eigenvalue weighted by Gasteiger charge is -2.44. The highest BCUT2D eigenvalue weighted by Gasteiger charge is 2.45. The molecule has 0 spiro atoms. The van der Waals surface area contributed by atoms with Crippen molar-refractivity contribution in [1.29, 1.82) is 5.26 Å². The first-order valence-electron chi connectivity index (χ1n) is 14.1. The van der Waals surface area contributed by atoms with Gasteiger partial charge in [0, 0.05) is 23.4 Å². The van der Waals surface area contributed by atoms with Crippen molar-refractivity contribution in [3.63, 3.8) is 0 Å². The number of halogens is 1. The number of ether oxygens (including phenoxy) is 1. The number of nitriles is 1. The summed E-state index contributed by atoms with van der Waals surface area (Å²) in [6.07, 6.45) is 1.97. The molecule has 0 bridgehead atoms. The molecule has 5 rings (SSSR count). The Labute approximate surface area is 241 Å². The minimum Gasteiger partial charge on any atom is -0.489 e. The molecule has 1 atom stereocenters. The summed E-state index contributed by atoms with van der Waals surface area (Å²) < 4.78 is 19.4. The van der Waals surface area contributed by atoms with Crippen LogP contribution in [0.15, 0.2) is 83.3 Å². The summed E-state index contributed by atoms with van der Waals surface area (Å²) in [7, 11) is 0. The molecule has 2 aliphatic rings. The maximum Gasteiger partial charge on any atom is 0.162 e. The third-order valence-electron chi connectivity index (χ3n) is 8.20. The zero-order valence-electron chi connectivity index (χ0n) is 24.3. The summed E-state index contributed by atoms with van der Waals surface area (Å²) in [5, 5.41) is 10.5. The molecule has 1 aliphatic heterocycles. The van der Waals surface area contributed by atoms with Crippen LogP contribution in [0.1, 0.15) is 67.3 Å². The summed E-state index contributed by atoms with van der Waals surface area (Å²) in [5.41, 5.74) is 14.3. The van der Waals surface area contributed by atoms with Crippen LogP contribution in [0.2, 0.25) is 0 Å². The lowest BCUT2D eigenvalue weighted by atomic mass is 9.68. The normalized spacial score (nSPS) is 18.3. The van der Waals surface area contributed by atoms with E-state index in [0.717, 1.165) is 40.1 Å². The smallest absolute Gasteiger partial charge is 0.162 e. The molecular formula is C35H36FN3O2. The first kappa shape index (κ1) is 28.2. The number of carbonyl (C=O) groups excluding carboxylic acids is 1. The van der Waals surface area contributed by atoms with Gasteiger partial charge in [-0.2, -0.15) is 5.26 Å². The van der Waals surface area contributed by atoms with Gasteiger partial charge >= 0.3 is 0 Å². The summed E-state index contributed by atoms with van der Waals surface area (Å²) in [4.78, 5) is 15.9. The van der Waals surface area contributed by atoms with Gasteiger partial charge in [0.05, 0.1) is 17.6 Å². The Balaban J connectivity index is 1.65. The topological polar surface area (TPSA) is 79.3 Å². The molecule has 6 heteroatoms. The van der Waals surface area contributed by atoms with Crippen LogP contribution in [0.25, 0.3) is 0 Å². The van der Waals surface area contributed by atoms with Gasteiger partial charge in [0.15, 0.2) is 5.78 Å². The third-order valence-corrected chi connectivity index (χ3v) is 8.20. The molecule has 0 fully saturated rings. The molecule has 5 nitrogen and oxygen atoms in total. The van der Waals surface area contributed by atoms with E-state index in [1.165, 1.54) is 17.7 Å². The summed E-state index contributed by atoms with van der Waals surface area (Å²) in [6, 6.07) is 20.6. The number of rotatable bonds is 6. The Morgan fingerprint density at radius 2 is 1.76 bits per heavy atom. The number of hydrogen-bond acceptors (Lipinski definition) is 5. The van der Waals surface area contributed by atoms with E-state index in [2.05, 4.69) is 45.0 Å². The summed E-state index contributed by atoms with van der Waals surface area (Å²) >= 11 is 0. The zero-order chi connectivity index (χ0) is 29.5. The molecule has 3 aromatic rings. The van der Waals surface area contributed by atoms with Gasteiger partial charge in [0.2, 0.25) is 0 Å². The predicted molar refractivity (Wildman–Crippen MR) is 160 cm³/mol. The molecule has 0 aromatic heterocycles. The lowest BCUT2D eigenvalue weighted by molar-refractivity contribution is -0.118. The highest BCUT2D eigenvalue weighted by Crippen LogP contribution is 2.51. The number of carbonyl (C=O) groups is 1. The van der Waals surface area contributed by atoms with Crippen LogP contribution < -0.4 is 15.4 Å². The van der Waals surface area contributed by atoms with E-state index in [1.807, 2.05) is 36.9 Å². The molecule has 0 saturated carbocycles. The SMILES string of the molecule is CCc1ccc(N2C(N)=C(C#N)C(c3cc(C)cc(COc4ccc(F)cc4)c3C)C3=C2CC(C)(C)CC3=O)cc1. The monoisotopic (exact) mass is 549 g/mol. The van der Waals surface area contributed by atoms with Crippen LogP contribution in [0, 0.1) is 36.4 Å². The molecule has 41 heavy (non-hydrogen) atoms. The number of benzene rings is 3. The fourth-order valence-electron chi connectivity index (χ4n) is 6.10. The van der Waals surface area contributed by atoms with Gasteiger partial charge in [-0.05, 0) is 90.8 Å². The molecule has 2 N–H and O–H groups in total. The van der Waals surface area contributed by atoms with E-state index in [-0.39, 0.29) is 23.6 Å². The van der Waals surface area contributed by atoms with Crippen molar-refractivity contribution in [1.82, 2.24) is 0 Å². The Kier molecular flexibility index (Phi) is 7.48. The van der Waals surface area contributed by atoms with Crippen molar-refractivity contribution in [2.45, 2.75) is 66.4 Å². The Morgan fingerprint density at radius 1 is 1.07 bits per heavy atom. The quantitative estimate of drug-likeness (QED) is 0.344. The fraction of sp³-hybridized carbons (Fsp3) is 0.314. The summed E-state index contributed by atoms with van der Waals surface area (Å²) in [6.45, 7) is 10.6. The first-order valence-corrected chi connectivity index (χ1v) is 14.1. The van der Waals surface area contributed by atoms with Gasteiger partial charge < -0.3 is 10.5 Å². The molecule has 0 saturated heterocycles. The van der Waals surface area contributed by atoms with Crippen LogP contribution in [-0.4, -0.2) is 5.78 Å². The van der Waals surface area contributed by atoms with E-state index in [9.17, 15) is 14.4 Å². The van der Waals surface area contributed by atoms with Crippen molar-refractivity contribution >= 4 is 11.5 Å². The van der Waals surface area contributed by atoms with Crippen LogP contribution in [-0.2, 0) is 17.8 Å². The number of anilines is 1. The predicted octanol–water partition coefficient (Wildman–Crippen LogP) is 7.52. The maximum absolute atomic E-state index is 14.0. The van der Waals surface area contributed by atoms with E-state index in [0.29, 0.717) is 35.6 Å². The second-order valence-electron chi connectivity index (χ2n) is 11.9. The molecule has 1 aliphatic carbocycles. The van der Waals surface area contributed by atoms with Crippen molar-refractivity contribution in [2.24, 2.45) is 11.1 Å². The van der Waals surface area contributed by atoms with Crippen molar-refractivity contribution < 1.29 is 13.9 Å². The van der Waals surface area contributed by atoms with Crippen LogP contribution in [0.4, 0.5) is 10.1 Å². The van der Waals surface area contributed by atoms with E-state index in [4.69, 9.17) is 10.5 Å². The van der Waals surface area contributed by atoms with Crippen LogP contribution in [0.3, 0.4) is 0 Å². The number of ketones is 1. The Morgan fingerprint density at radius 3 is 2.39 bits per heavy atom. The largest absolute Gasteiger partial charge is 0.489 e. The highest BCUT2D eigenvalue weighted by atomic mass is 19.1. The minimum atomic E-state index is -0.575. The minimum absolute atomic E-state index is 0.0432. The van der Waals surface area contributed by atoms with Gasteiger partial charge in [-0.15, -0.1) is 0 Å². The Bertz CT molecular complexity index is 1610. The van der Waals surface area contributed by atoms with Gasteiger partial charge in [-0.25, -0.2) is 4.39 Å². The number of allylic oxidation sites excluding steroid dienone is 3. The molecular weight excluding hydrogens is 513 g/mol. The molecule has 1 heterocycles. The third kappa shape index (κ3) is 5.37. The lowest BCUT2D eigenvalue weighted by Crippen LogP contribution is -2.42. The highest BCUT2D eigenvalue weighted by molar-refractivity contribution is 6.01. The van der Waals surface area contributed by atoms with Crippen LogP contribution >= 0.6 is 0 Å².